The summed E-state index contributed by atoms with van der Waals surface area (Å²) < 4.78 is 91.3. The number of methoxy groups -OCH3 is 1. The molecule has 0 bridgehead atoms. The van der Waals surface area contributed by atoms with Crippen molar-refractivity contribution in [2.45, 2.75) is 30.8 Å². The Morgan fingerprint density at radius 1 is 1.11 bits per heavy atom. The van der Waals surface area contributed by atoms with Crippen LogP contribution in [0.5, 0.6) is 0 Å². The van der Waals surface area contributed by atoms with Crippen molar-refractivity contribution in [1.29, 1.82) is 0 Å². The Balaban J connectivity index is 5.57. The van der Waals surface area contributed by atoms with Crippen LogP contribution in [0.3, 0.4) is 0 Å². The van der Waals surface area contributed by atoms with Crippen LogP contribution >= 0.6 is 8.25 Å². The number of carbonyl (C=O) groups excluding carboxylic acids is 1. The molecule has 12 heteroatoms. The quantitative estimate of drug-likeness (QED) is 0.479. The van der Waals surface area contributed by atoms with Gasteiger partial charge in [0.2, 0.25) is 5.60 Å². The summed E-state index contributed by atoms with van der Waals surface area (Å²) in [4.78, 5) is 19.5. The molecule has 0 radical (unpaired) electrons. The van der Waals surface area contributed by atoms with E-state index in [0.29, 0.717) is 7.11 Å². The van der Waals surface area contributed by atoms with E-state index < -0.39 is 45.0 Å². The van der Waals surface area contributed by atoms with Gasteiger partial charge in [0.05, 0.1) is 20.0 Å². The predicted octanol–water partition coefficient (Wildman–Crippen LogP) is 2.47. The Kier molecular flexibility index (Phi) is 5.72. The van der Waals surface area contributed by atoms with Gasteiger partial charge in [-0.25, -0.2) is 4.79 Å². The first kappa shape index (κ1) is 18.1. The molecule has 0 aromatic heterocycles. The number of rotatable bonds is 5. The number of esters is 1. The first-order chi connectivity index (χ1) is 8.31. The van der Waals surface area contributed by atoms with Gasteiger partial charge in [-0.15, -0.1) is 4.89 Å². The summed E-state index contributed by atoms with van der Waals surface area (Å²) >= 11 is 0. The second kappa shape index (κ2) is 6.02. The van der Waals surface area contributed by atoms with Gasteiger partial charge in [0.25, 0.3) is 0 Å². The summed E-state index contributed by atoms with van der Waals surface area (Å²) in [6, 6.07) is 0. The molecule has 0 saturated carbocycles. The average Bonchev–Trinajstić information content (AvgIpc) is 2.09. The van der Waals surface area contributed by atoms with Crippen molar-refractivity contribution in [1.82, 2.24) is 0 Å². The largest absolute Gasteiger partial charge is 0.695 e. The summed E-state index contributed by atoms with van der Waals surface area (Å²) in [7, 11) is -3.36. The van der Waals surface area contributed by atoms with Gasteiger partial charge in [-0.3, -0.25) is 0 Å². The Labute approximate surface area is 103 Å². The molecule has 0 aliphatic heterocycles. The minimum Gasteiger partial charge on any atom is -0.467 e. The maximum atomic E-state index is 12.2. The lowest BCUT2D eigenvalue weighted by Crippen LogP contribution is -2.48. The van der Waals surface area contributed by atoms with Crippen molar-refractivity contribution in [3.8, 4) is 0 Å². The first-order valence-electron chi connectivity index (χ1n) is 4.38. The van der Waals surface area contributed by atoms with Crippen molar-refractivity contribution >= 4 is 14.2 Å². The van der Waals surface area contributed by atoms with Crippen LogP contribution in [0, 0.1) is 0 Å². The third kappa shape index (κ3) is 6.69. The highest BCUT2D eigenvalue weighted by molar-refractivity contribution is 7.32. The maximum Gasteiger partial charge on any atom is 0.695 e. The van der Waals surface area contributed by atoms with E-state index in [0.717, 1.165) is 0 Å². The minimum absolute atomic E-state index is 0.525. The van der Waals surface area contributed by atoms with E-state index in [1.54, 1.807) is 0 Å². The highest BCUT2D eigenvalue weighted by Crippen LogP contribution is 2.43. The van der Waals surface area contributed by atoms with Crippen molar-refractivity contribution < 1.29 is 49.9 Å². The van der Waals surface area contributed by atoms with Gasteiger partial charge in [-0.2, -0.15) is 26.3 Å². The lowest BCUT2D eigenvalue weighted by molar-refractivity contribution is -0.220. The predicted molar refractivity (Wildman–Crippen MR) is 47.0 cm³/mol. The molecule has 5 nitrogen and oxygen atoms in total. The number of hydrogen-bond donors (Lipinski definition) is 1. The van der Waals surface area contributed by atoms with Gasteiger partial charge < -0.3 is 4.74 Å². The summed E-state index contributed by atoms with van der Waals surface area (Å²) in [6.45, 7) is 0. The molecular formula is C7H8F6O5P+. The van der Waals surface area contributed by atoms with Crippen molar-refractivity contribution in [3.05, 3.63) is 0 Å². The molecule has 0 aromatic carbocycles. The minimum atomic E-state index is -5.25. The van der Waals surface area contributed by atoms with Crippen LogP contribution in [0.4, 0.5) is 26.3 Å². The van der Waals surface area contributed by atoms with Crippen molar-refractivity contribution in [2.24, 2.45) is 0 Å². The van der Waals surface area contributed by atoms with Crippen LogP contribution in [0.25, 0.3) is 0 Å². The molecule has 0 heterocycles. The van der Waals surface area contributed by atoms with Crippen LogP contribution in [0.15, 0.2) is 0 Å². The molecule has 0 aliphatic carbocycles. The first-order valence-corrected chi connectivity index (χ1v) is 5.51. The summed E-state index contributed by atoms with van der Waals surface area (Å²) in [5, 5.41) is 0. The SMILES string of the molecule is COC(=O)C(CC(F)(F)F)(CC(F)(F)F)O[P+](=O)O. The van der Waals surface area contributed by atoms with Crippen LogP contribution in [0.1, 0.15) is 12.8 Å². The molecule has 1 atom stereocenters. The van der Waals surface area contributed by atoms with Gasteiger partial charge in [0.1, 0.15) is 0 Å². The van der Waals surface area contributed by atoms with E-state index in [1.165, 1.54) is 0 Å². The molecule has 0 fully saturated rings. The van der Waals surface area contributed by atoms with Crippen molar-refractivity contribution in [2.75, 3.05) is 7.11 Å². The Bertz CT molecular complexity index is 335. The van der Waals surface area contributed by atoms with Gasteiger partial charge >= 0.3 is 26.6 Å². The zero-order valence-electron chi connectivity index (χ0n) is 9.21. The van der Waals surface area contributed by atoms with Gasteiger partial charge in [-0.1, -0.05) is 4.52 Å². The van der Waals surface area contributed by atoms with Gasteiger partial charge in [0, 0.05) is 4.57 Å². The fraction of sp³-hybridized carbons (Fsp3) is 0.857. The van der Waals surface area contributed by atoms with Gasteiger partial charge in [-0.05, 0) is 0 Å². The molecule has 0 aromatic rings. The number of ether oxygens (including phenoxy) is 1. The fourth-order valence-corrected chi connectivity index (χ4v) is 1.79. The van der Waals surface area contributed by atoms with E-state index in [1.807, 2.05) is 0 Å². The molecule has 0 saturated heterocycles. The molecule has 19 heavy (non-hydrogen) atoms. The highest BCUT2D eigenvalue weighted by atomic mass is 31.1. The molecule has 0 rings (SSSR count). The number of alkyl halides is 6. The molecule has 1 N–H and O–H groups in total. The van der Waals surface area contributed by atoms with Crippen LogP contribution < -0.4 is 0 Å². The van der Waals surface area contributed by atoms with E-state index in [9.17, 15) is 35.7 Å². The normalized spacial score (nSPS) is 14.2. The number of carbonyl (C=O) groups is 1. The fourth-order valence-electron chi connectivity index (χ4n) is 1.29. The Hall–Kier alpha value is -0.930. The number of halogens is 6. The second-order valence-corrected chi connectivity index (χ2v) is 4.06. The molecule has 0 spiro atoms. The average molecular weight is 317 g/mol. The third-order valence-electron chi connectivity index (χ3n) is 1.78. The lowest BCUT2D eigenvalue weighted by Gasteiger charge is -2.26. The zero-order chi connectivity index (χ0) is 15.5. The van der Waals surface area contributed by atoms with Crippen LogP contribution in [-0.4, -0.2) is 35.9 Å². The molecule has 112 valence electrons. The maximum absolute atomic E-state index is 12.2. The summed E-state index contributed by atoms with van der Waals surface area (Å²) in [5.41, 5.74) is -3.65. The summed E-state index contributed by atoms with van der Waals surface area (Å²) in [5.74, 6) is -2.04. The lowest BCUT2D eigenvalue weighted by atomic mass is 9.95. The monoisotopic (exact) mass is 317 g/mol. The topological polar surface area (TPSA) is 72.8 Å². The van der Waals surface area contributed by atoms with E-state index in [4.69, 9.17) is 4.89 Å². The molecule has 0 aliphatic rings. The Morgan fingerprint density at radius 2 is 1.47 bits per heavy atom. The molecule has 0 amide bonds. The van der Waals surface area contributed by atoms with Crippen LogP contribution in [0.2, 0.25) is 0 Å². The van der Waals surface area contributed by atoms with E-state index in [2.05, 4.69) is 9.26 Å². The van der Waals surface area contributed by atoms with E-state index in [-0.39, 0.29) is 0 Å². The highest BCUT2D eigenvalue weighted by Gasteiger charge is 2.60. The van der Waals surface area contributed by atoms with E-state index >= 15 is 0 Å². The Morgan fingerprint density at radius 3 is 1.68 bits per heavy atom. The second-order valence-electron chi connectivity index (χ2n) is 3.40. The summed E-state index contributed by atoms with van der Waals surface area (Å²) in [6.07, 6.45) is -15.3. The van der Waals surface area contributed by atoms with Crippen LogP contribution in [-0.2, 0) is 18.6 Å². The molecular weight excluding hydrogens is 309 g/mol. The van der Waals surface area contributed by atoms with Gasteiger partial charge in [0.15, 0.2) is 0 Å². The third-order valence-corrected chi connectivity index (χ3v) is 2.29. The standard InChI is InChI=1S/C7H7F6O5P/c1-17-4(14)5(18-19(15)16,2-6(8,9)10)3-7(11,12)13/h2-3H2,1H3/p+1. The zero-order valence-corrected chi connectivity index (χ0v) is 10.1. The number of hydrogen-bond acceptors (Lipinski definition) is 4. The van der Waals surface area contributed by atoms with Crippen molar-refractivity contribution in [3.63, 3.8) is 0 Å². The molecule has 1 unspecified atom stereocenters. The smallest absolute Gasteiger partial charge is 0.467 e.